The lowest BCUT2D eigenvalue weighted by Crippen LogP contribution is -2.38. The molecule has 0 atom stereocenters. The van der Waals surface area contributed by atoms with E-state index in [-0.39, 0.29) is 17.4 Å². The fourth-order valence-electron chi connectivity index (χ4n) is 4.39. The molecule has 1 aromatic heterocycles. The van der Waals surface area contributed by atoms with E-state index in [0.29, 0.717) is 53.7 Å². The molecule has 0 radical (unpaired) electrons. The van der Waals surface area contributed by atoms with Crippen molar-refractivity contribution in [2.75, 3.05) is 52.5 Å². The number of ether oxygens (including phenoxy) is 1. The number of nitrogens with one attached hydrogen (secondary N) is 2. The Morgan fingerprint density at radius 2 is 1.91 bits per heavy atom. The van der Waals surface area contributed by atoms with Crippen molar-refractivity contribution in [2.24, 2.45) is 0 Å². The first-order chi connectivity index (χ1) is 16.0. The minimum atomic E-state index is -0.182. The van der Waals surface area contributed by atoms with Crippen LogP contribution < -0.4 is 10.9 Å². The second-order valence-corrected chi connectivity index (χ2v) is 8.94. The Kier molecular flexibility index (Phi) is 7.89. The van der Waals surface area contributed by atoms with Crippen molar-refractivity contribution in [1.29, 1.82) is 0 Å². The molecule has 9 nitrogen and oxygen atoms in total. The minimum Gasteiger partial charge on any atom is -0.379 e. The molecule has 3 heterocycles. The zero-order valence-corrected chi connectivity index (χ0v) is 19.6. The Balaban J connectivity index is 1.35. The fourth-order valence-corrected chi connectivity index (χ4v) is 4.67. The van der Waals surface area contributed by atoms with Gasteiger partial charge < -0.3 is 19.9 Å². The van der Waals surface area contributed by atoms with Crippen LogP contribution in [0.4, 0.5) is 0 Å². The van der Waals surface area contributed by atoms with Crippen LogP contribution >= 0.6 is 12.2 Å². The highest BCUT2D eigenvalue weighted by atomic mass is 32.1. The lowest BCUT2D eigenvalue weighted by atomic mass is 10.1. The van der Waals surface area contributed by atoms with Gasteiger partial charge in [0.1, 0.15) is 0 Å². The molecule has 2 amide bonds. The van der Waals surface area contributed by atoms with Crippen LogP contribution in [0.3, 0.4) is 0 Å². The van der Waals surface area contributed by atoms with E-state index in [0.717, 1.165) is 52.2 Å². The SMILES string of the molecule is O=C(NCCCN1CCOCC1)c1ccc2c(=O)n(CCCN3CCCC3=O)c(=S)[nH]c2c1. The Morgan fingerprint density at radius 1 is 1.09 bits per heavy atom. The van der Waals surface area contributed by atoms with Gasteiger partial charge in [0.05, 0.1) is 24.1 Å². The Bertz CT molecular complexity index is 1120. The van der Waals surface area contributed by atoms with E-state index in [1.54, 1.807) is 18.2 Å². The molecule has 10 heteroatoms. The highest BCUT2D eigenvalue weighted by Crippen LogP contribution is 2.13. The third kappa shape index (κ3) is 5.87. The van der Waals surface area contributed by atoms with Crippen molar-refractivity contribution in [3.63, 3.8) is 0 Å². The summed E-state index contributed by atoms with van der Waals surface area (Å²) in [5.41, 5.74) is 0.861. The molecule has 4 rings (SSSR count). The van der Waals surface area contributed by atoms with Crippen molar-refractivity contribution in [1.82, 2.24) is 24.7 Å². The number of carbonyl (C=O) groups is 2. The van der Waals surface area contributed by atoms with Gasteiger partial charge >= 0.3 is 0 Å². The van der Waals surface area contributed by atoms with Gasteiger partial charge in [-0.05, 0) is 56.2 Å². The number of morpholine rings is 1. The Morgan fingerprint density at radius 3 is 2.67 bits per heavy atom. The summed E-state index contributed by atoms with van der Waals surface area (Å²) in [6, 6.07) is 5.02. The molecular formula is C23H31N5O4S. The first-order valence-corrected chi connectivity index (χ1v) is 12.1. The molecule has 33 heavy (non-hydrogen) atoms. The number of hydrogen-bond donors (Lipinski definition) is 2. The first-order valence-electron chi connectivity index (χ1n) is 11.7. The van der Waals surface area contributed by atoms with E-state index in [1.165, 1.54) is 4.57 Å². The molecule has 2 saturated heterocycles. The average Bonchev–Trinajstić information content (AvgIpc) is 3.23. The van der Waals surface area contributed by atoms with E-state index in [1.807, 2.05) is 4.90 Å². The molecule has 0 bridgehead atoms. The highest BCUT2D eigenvalue weighted by molar-refractivity contribution is 7.71. The number of aromatic nitrogens is 2. The van der Waals surface area contributed by atoms with Gasteiger partial charge in [-0.1, -0.05) is 0 Å². The number of fused-ring (bicyclic) bond motifs is 1. The maximum Gasteiger partial charge on any atom is 0.262 e. The number of carbonyl (C=O) groups excluding carboxylic acids is 2. The number of benzene rings is 1. The quantitative estimate of drug-likeness (QED) is 0.423. The molecule has 2 N–H and O–H groups in total. The van der Waals surface area contributed by atoms with Crippen molar-refractivity contribution in [3.8, 4) is 0 Å². The predicted octanol–water partition coefficient (Wildman–Crippen LogP) is 1.52. The van der Waals surface area contributed by atoms with Crippen LogP contribution in [0.2, 0.25) is 0 Å². The summed E-state index contributed by atoms with van der Waals surface area (Å²) in [5.74, 6) is 0.00979. The van der Waals surface area contributed by atoms with Gasteiger partial charge in [-0.15, -0.1) is 0 Å². The number of nitrogens with zero attached hydrogens (tertiary/aromatic N) is 3. The van der Waals surface area contributed by atoms with Crippen LogP contribution in [0.25, 0.3) is 10.9 Å². The number of H-pyrrole nitrogens is 1. The number of aromatic amines is 1. The lowest BCUT2D eigenvalue weighted by molar-refractivity contribution is -0.127. The van der Waals surface area contributed by atoms with E-state index in [2.05, 4.69) is 15.2 Å². The summed E-state index contributed by atoms with van der Waals surface area (Å²) in [6.07, 6.45) is 3.05. The largest absolute Gasteiger partial charge is 0.379 e. The maximum absolute atomic E-state index is 13.0. The van der Waals surface area contributed by atoms with Crippen LogP contribution in [0.1, 0.15) is 36.0 Å². The molecule has 2 aromatic rings. The van der Waals surface area contributed by atoms with Gasteiger partial charge in [0.2, 0.25) is 5.91 Å². The molecule has 0 spiro atoms. The van der Waals surface area contributed by atoms with Gasteiger partial charge in [0, 0.05) is 51.3 Å². The van der Waals surface area contributed by atoms with Gasteiger partial charge in [-0.2, -0.15) is 0 Å². The molecule has 2 aliphatic heterocycles. The number of hydrogen-bond acceptors (Lipinski definition) is 6. The monoisotopic (exact) mass is 473 g/mol. The Hall–Kier alpha value is -2.56. The third-order valence-corrected chi connectivity index (χ3v) is 6.59. The second kappa shape index (κ2) is 11.0. The second-order valence-electron chi connectivity index (χ2n) is 8.55. The maximum atomic E-state index is 13.0. The standard InChI is InChI=1S/C23H31N5O4S/c29-20-4-1-9-27(20)10-3-11-28-22(31)18-6-5-17(16-19(18)25-23(28)33)21(30)24-7-2-8-26-12-14-32-15-13-26/h5-6,16H,1-4,7-15H2,(H,24,30)(H,25,33). The zero-order valence-electron chi connectivity index (χ0n) is 18.8. The van der Waals surface area contributed by atoms with Gasteiger partial charge in [-0.25, -0.2) is 0 Å². The topological polar surface area (TPSA) is 99.7 Å². The fraction of sp³-hybridized carbons (Fsp3) is 0.565. The minimum absolute atomic E-state index is 0.169. The van der Waals surface area contributed by atoms with Crippen LogP contribution in [0, 0.1) is 4.77 Å². The zero-order chi connectivity index (χ0) is 23.2. The molecule has 2 aliphatic rings. The van der Waals surface area contributed by atoms with Crippen LogP contribution in [0.5, 0.6) is 0 Å². The lowest BCUT2D eigenvalue weighted by Gasteiger charge is -2.26. The van der Waals surface area contributed by atoms with E-state index >= 15 is 0 Å². The van der Waals surface area contributed by atoms with E-state index in [9.17, 15) is 14.4 Å². The van der Waals surface area contributed by atoms with Crippen LogP contribution in [-0.2, 0) is 16.1 Å². The molecule has 0 saturated carbocycles. The van der Waals surface area contributed by atoms with E-state index in [4.69, 9.17) is 17.0 Å². The smallest absolute Gasteiger partial charge is 0.262 e. The predicted molar refractivity (Wildman–Crippen MR) is 128 cm³/mol. The number of rotatable bonds is 9. The molecule has 0 aliphatic carbocycles. The summed E-state index contributed by atoms with van der Waals surface area (Å²) in [7, 11) is 0. The number of likely N-dealkylation sites (tertiary alicyclic amines) is 1. The summed E-state index contributed by atoms with van der Waals surface area (Å²) in [5, 5.41) is 3.44. The number of amides is 2. The first kappa shape index (κ1) is 23.6. The third-order valence-electron chi connectivity index (χ3n) is 6.27. The van der Waals surface area contributed by atoms with Gasteiger partial charge in [-0.3, -0.25) is 23.9 Å². The van der Waals surface area contributed by atoms with Crippen LogP contribution in [-0.4, -0.2) is 83.6 Å². The molecule has 178 valence electrons. The summed E-state index contributed by atoms with van der Waals surface area (Å²) in [6.45, 7) is 6.79. The Labute approximate surface area is 197 Å². The van der Waals surface area contributed by atoms with Gasteiger partial charge in [0.15, 0.2) is 4.77 Å². The molecular weight excluding hydrogens is 442 g/mol. The van der Waals surface area contributed by atoms with Crippen molar-refractivity contribution in [2.45, 2.75) is 32.2 Å². The normalized spacial score (nSPS) is 17.1. The highest BCUT2D eigenvalue weighted by Gasteiger charge is 2.19. The average molecular weight is 474 g/mol. The molecule has 2 fully saturated rings. The van der Waals surface area contributed by atoms with Crippen LogP contribution in [0.15, 0.2) is 23.0 Å². The van der Waals surface area contributed by atoms with E-state index < -0.39 is 0 Å². The summed E-state index contributed by atoms with van der Waals surface area (Å²) < 4.78 is 7.20. The van der Waals surface area contributed by atoms with Crippen molar-refractivity contribution >= 4 is 34.9 Å². The molecule has 1 aromatic carbocycles. The van der Waals surface area contributed by atoms with Crippen molar-refractivity contribution in [3.05, 3.63) is 38.9 Å². The molecule has 0 unspecified atom stereocenters. The summed E-state index contributed by atoms with van der Waals surface area (Å²) in [4.78, 5) is 44.6. The summed E-state index contributed by atoms with van der Waals surface area (Å²) >= 11 is 5.41. The van der Waals surface area contributed by atoms with Crippen molar-refractivity contribution < 1.29 is 14.3 Å². The van der Waals surface area contributed by atoms with Gasteiger partial charge in [0.25, 0.3) is 11.5 Å².